The number of esters is 1. The molecule has 8 heteroatoms. The Balaban J connectivity index is 1.23. The van der Waals surface area contributed by atoms with Gasteiger partial charge in [-0.15, -0.1) is 0 Å². The second kappa shape index (κ2) is 13.4. The molecule has 44 heavy (non-hydrogen) atoms. The Hall–Kier alpha value is -3.84. The van der Waals surface area contributed by atoms with Gasteiger partial charge >= 0.3 is 5.97 Å². The van der Waals surface area contributed by atoms with Crippen LogP contribution in [0.2, 0.25) is 10.0 Å². The van der Waals surface area contributed by atoms with Gasteiger partial charge in [-0.2, -0.15) is 0 Å². The zero-order valence-corrected chi connectivity index (χ0v) is 26.7. The molecule has 1 aliphatic heterocycles. The number of nitrogens with zero attached hydrogens (tertiary/aromatic N) is 1. The van der Waals surface area contributed by atoms with E-state index in [2.05, 4.69) is 13.0 Å². The molecule has 228 valence electrons. The van der Waals surface area contributed by atoms with Crippen LogP contribution in [-0.2, 0) is 9.53 Å². The molecule has 0 saturated heterocycles. The maximum Gasteiger partial charge on any atom is 0.351 e. The first-order valence-electron chi connectivity index (χ1n) is 14.6. The SMILES string of the molecule is CCC1c2ccccc2Oc2ccc(Cl)cc2C1CN(C)COC(=O)C(C)(C)Oc1ccc(C(=O)c2ccc(Cl)cc2)cc1. The Bertz CT molecular complexity index is 1640. The molecule has 0 fully saturated rings. The fourth-order valence-electron chi connectivity index (χ4n) is 5.57. The van der Waals surface area contributed by atoms with E-state index < -0.39 is 11.6 Å². The van der Waals surface area contributed by atoms with Crippen LogP contribution in [0.4, 0.5) is 0 Å². The molecule has 4 aromatic rings. The quantitative estimate of drug-likeness (QED) is 0.0989. The summed E-state index contributed by atoms with van der Waals surface area (Å²) in [5, 5.41) is 1.21. The van der Waals surface area contributed by atoms with Crippen LogP contribution in [0.15, 0.2) is 91.0 Å². The topological polar surface area (TPSA) is 65.1 Å². The molecule has 0 aromatic heterocycles. The molecule has 2 unspecified atom stereocenters. The van der Waals surface area contributed by atoms with Gasteiger partial charge in [0.2, 0.25) is 0 Å². The summed E-state index contributed by atoms with van der Waals surface area (Å²) < 4.78 is 18.1. The van der Waals surface area contributed by atoms with Crippen molar-refractivity contribution in [2.24, 2.45) is 0 Å². The molecule has 0 spiro atoms. The fraction of sp³-hybridized carbons (Fsp3) is 0.278. The number of carbonyl (C=O) groups excluding carboxylic acids is 2. The number of hydrogen-bond donors (Lipinski definition) is 0. The van der Waals surface area contributed by atoms with Gasteiger partial charge < -0.3 is 14.2 Å². The molecule has 0 amide bonds. The normalized spacial score (nSPS) is 15.9. The molecule has 0 bridgehead atoms. The van der Waals surface area contributed by atoms with Gasteiger partial charge in [-0.3, -0.25) is 9.69 Å². The molecular formula is C36H35Cl2NO5. The minimum absolute atomic E-state index is 0.0550. The summed E-state index contributed by atoms with van der Waals surface area (Å²) in [5.74, 6) is 1.68. The van der Waals surface area contributed by atoms with Gasteiger partial charge in [0.15, 0.2) is 11.4 Å². The first-order chi connectivity index (χ1) is 21.1. The van der Waals surface area contributed by atoms with Crippen molar-refractivity contribution in [3.8, 4) is 17.2 Å². The molecule has 0 aliphatic carbocycles. The molecule has 5 rings (SSSR count). The van der Waals surface area contributed by atoms with E-state index in [1.165, 1.54) is 0 Å². The van der Waals surface area contributed by atoms with E-state index in [4.69, 9.17) is 37.4 Å². The van der Waals surface area contributed by atoms with Crippen LogP contribution in [0.5, 0.6) is 17.2 Å². The Morgan fingerprint density at radius 3 is 2.11 bits per heavy atom. The summed E-state index contributed by atoms with van der Waals surface area (Å²) in [6.45, 7) is 6.18. The van der Waals surface area contributed by atoms with E-state index in [0.717, 1.165) is 29.0 Å². The van der Waals surface area contributed by atoms with Gasteiger partial charge in [-0.05, 0) is 112 Å². The lowest BCUT2D eigenvalue weighted by atomic mass is 9.79. The molecule has 2 atom stereocenters. The first kappa shape index (κ1) is 31.6. The van der Waals surface area contributed by atoms with Crippen molar-refractivity contribution in [1.29, 1.82) is 0 Å². The second-order valence-electron chi connectivity index (χ2n) is 11.5. The third-order valence-electron chi connectivity index (χ3n) is 7.85. The number of benzene rings is 4. The van der Waals surface area contributed by atoms with E-state index in [-0.39, 0.29) is 24.3 Å². The summed E-state index contributed by atoms with van der Waals surface area (Å²) in [6.07, 6.45) is 0.898. The number of halogens is 2. The van der Waals surface area contributed by atoms with Crippen LogP contribution in [-0.4, -0.2) is 42.6 Å². The monoisotopic (exact) mass is 631 g/mol. The highest BCUT2D eigenvalue weighted by Gasteiger charge is 2.35. The second-order valence-corrected chi connectivity index (χ2v) is 12.4. The van der Waals surface area contributed by atoms with Crippen LogP contribution in [0.1, 0.15) is 66.1 Å². The summed E-state index contributed by atoms with van der Waals surface area (Å²) in [5.41, 5.74) is 1.95. The lowest BCUT2D eigenvalue weighted by molar-refractivity contribution is -0.163. The van der Waals surface area contributed by atoms with E-state index >= 15 is 0 Å². The highest BCUT2D eigenvalue weighted by atomic mass is 35.5. The predicted molar refractivity (Wildman–Crippen MR) is 173 cm³/mol. The molecule has 1 aliphatic rings. The fourth-order valence-corrected chi connectivity index (χ4v) is 5.88. The van der Waals surface area contributed by atoms with Crippen molar-refractivity contribution in [2.45, 2.75) is 44.6 Å². The minimum Gasteiger partial charge on any atom is -0.476 e. The standard InChI is InChI=1S/C36H35Cl2NO5/c1-5-28-29-8-6-7-9-32(29)43-33-19-16-26(38)20-30(33)31(28)21-39(4)22-42-35(41)36(2,3)44-27-17-12-24(13-18-27)34(40)23-10-14-25(37)15-11-23/h6-20,28,31H,5,21-22H2,1-4H3. The van der Waals surface area contributed by atoms with Gasteiger partial charge in [-0.1, -0.05) is 48.3 Å². The summed E-state index contributed by atoms with van der Waals surface area (Å²) in [7, 11) is 1.92. The van der Waals surface area contributed by atoms with Crippen molar-refractivity contribution < 1.29 is 23.8 Å². The summed E-state index contributed by atoms with van der Waals surface area (Å²) in [6, 6.07) is 27.3. The molecule has 6 nitrogen and oxygen atoms in total. The summed E-state index contributed by atoms with van der Waals surface area (Å²) in [4.78, 5) is 27.9. The zero-order valence-electron chi connectivity index (χ0n) is 25.2. The van der Waals surface area contributed by atoms with Crippen LogP contribution >= 0.6 is 23.2 Å². The van der Waals surface area contributed by atoms with E-state index in [9.17, 15) is 9.59 Å². The van der Waals surface area contributed by atoms with Crippen molar-refractivity contribution in [2.75, 3.05) is 20.3 Å². The third-order valence-corrected chi connectivity index (χ3v) is 8.33. The Morgan fingerprint density at radius 1 is 0.818 bits per heavy atom. The maximum absolute atomic E-state index is 13.2. The largest absolute Gasteiger partial charge is 0.476 e. The van der Waals surface area contributed by atoms with E-state index in [1.807, 2.05) is 48.3 Å². The van der Waals surface area contributed by atoms with Gasteiger partial charge in [0.05, 0.1) is 0 Å². The van der Waals surface area contributed by atoms with Crippen molar-refractivity contribution >= 4 is 35.0 Å². The maximum atomic E-state index is 13.2. The average molecular weight is 633 g/mol. The van der Waals surface area contributed by atoms with Gasteiger partial charge in [0.25, 0.3) is 0 Å². The smallest absolute Gasteiger partial charge is 0.351 e. The first-order valence-corrected chi connectivity index (χ1v) is 15.3. The molecule has 0 radical (unpaired) electrons. The highest BCUT2D eigenvalue weighted by Crippen LogP contribution is 2.48. The molecule has 0 saturated carbocycles. The van der Waals surface area contributed by atoms with Crippen molar-refractivity contribution in [3.63, 3.8) is 0 Å². The molecule has 1 heterocycles. The number of carbonyl (C=O) groups is 2. The number of ketones is 1. The molecular weight excluding hydrogens is 597 g/mol. The molecule has 4 aromatic carbocycles. The van der Waals surface area contributed by atoms with Gasteiger partial charge in [-0.25, -0.2) is 4.79 Å². The van der Waals surface area contributed by atoms with Gasteiger partial charge in [0, 0.05) is 39.2 Å². The van der Waals surface area contributed by atoms with E-state index in [1.54, 1.807) is 62.4 Å². The third kappa shape index (κ3) is 7.10. The number of para-hydroxylation sites is 1. The number of hydrogen-bond acceptors (Lipinski definition) is 6. The lowest BCUT2D eigenvalue weighted by Crippen LogP contribution is -2.42. The number of likely N-dealkylation sites (N-methyl/N-ethyl adjacent to an activating group) is 1. The van der Waals surface area contributed by atoms with Crippen LogP contribution in [0.3, 0.4) is 0 Å². The average Bonchev–Trinajstić information content (AvgIpc) is 3.13. The van der Waals surface area contributed by atoms with Crippen LogP contribution < -0.4 is 9.47 Å². The predicted octanol–water partition coefficient (Wildman–Crippen LogP) is 8.90. The minimum atomic E-state index is -1.26. The Morgan fingerprint density at radius 2 is 1.43 bits per heavy atom. The number of ether oxygens (including phenoxy) is 3. The lowest BCUT2D eigenvalue weighted by Gasteiger charge is -2.31. The van der Waals surface area contributed by atoms with Crippen LogP contribution in [0.25, 0.3) is 0 Å². The Labute approximate surface area is 268 Å². The van der Waals surface area contributed by atoms with Crippen molar-refractivity contribution in [1.82, 2.24) is 4.90 Å². The van der Waals surface area contributed by atoms with Gasteiger partial charge in [0.1, 0.15) is 24.0 Å². The van der Waals surface area contributed by atoms with E-state index in [0.29, 0.717) is 33.5 Å². The molecule has 0 N–H and O–H groups in total. The summed E-state index contributed by atoms with van der Waals surface area (Å²) >= 11 is 12.4. The van der Waals surface area contributed by atoms with Crippen molar-refractivity contribution in [3.05, 3.63) is 123 Å². The number of rotatable bonds is 10. The Kier molecular flexibility index (Phi) is 9.64. The number of fused-ring (bicyclic) bond motifs is 2. The zero-order chi connectivity index (χ0) is 31.4. The highest BCUT2D eigenvalue weighted by molar-refractivity contribution is 6.31. The van der Waals surface area contributed by atoms with Crippen LogP contribution in [0, 0.1) is 0 Å².